The van der Waals surface area contributed by atoms with Crippen LogP contribution in [0.2, 0.25) is 0 Å². The quantitative estimate of drug-likeness (QED) is 0.307. The maximum Gasteiger partial charge on any atom is 0.352 e. The van der Waals surface area contributed by atoms with Crippen LogP contribution in [0, 0.1) is 6.92 Å². The number of aryl methyl sites for hydroxylation is 1. The predicted molar refractivity (Wildman–Crippen MR) is 98.6 cm³/mol. The summed E-state index contributed by atoms with van der Waals surface area (Å²) < 4.78 is 15.4. The van der Waals surface area contributed by atoms with Gasteiger partial charge in [-0.3, -0.25) is 4.79 Å². The predicted octanol–water partition coefficient (Wildman–Crippen LogP) is 3.17. The summed E-state index contributed by atoms with van der Waals surface area (Å²) in [5.41, 5.74) is 2.66. The summed E-state index contributed by atoms with van der Waals surface area (Å²) >= 11 is 0. The molecular formula is C20H21NO6. The number of carbonyl (C=O) groups is 2. The van der Waals surface area contributed by atoms with E-state index in [2.05, 4.69) is 9.89 Å². The molecule has 27 heavy (non-hydrogen) atoms. The Morgan fingerprint density at radius 2 is 1.78 bits per heavy atom. The number of rotatable bonds is 8. The molecule has 7 nitrogen and oxygen atoms in total. The molecule has 0 atom stereocenters. The molecule has 7 heteroatoms. The van der Waals surface area contributed by atoms with Crippen LogP contribution >= 0.6 is 0 Å². The van der Waals surface area contributed by atoms with Crippen molar-refractivity contribution in [1.82, 2.24) is 0 Å². The molecule has 0 saturated heterocycles. The van der Waals surface area contributed by atoms with E-state index in [1.54, 1.807) is 18.2 Å². The number of carbonyl (C=O) groups excluding carboxylic acids is 2. The third kappa shape index (κ3) is 6.47. The van der Waals surface area contributed by atoms with Gasteiger partial charge in [0.25, 0.3) is 0 Å². The van der Waals surface area contributed by atoms with E-state index in [9.17, 15) is 9.59 Å². The van der Waals surface area contributed by atoms with Crippen molar-refractivity contribution in [3.8, 4) is 11.5 Å². The van der Waals surface area contributed by atoms with E-state index in [0.29, 0.717) is 18.1 Å². The molecule has 0 spiro atoms. The molecule has 0 aliphatic rings. The molecule has 2 rings (SSSR count). The summed E-state index contributed by atoms with van der Waals surface area (Å²) in [5, 5.41) is 3.56. The van der Waals surface area contributed by atoms with Gasteiger partial charge in [-0.25, -0.2) is 4.79 Å². The number of oxime groups is 1. The van der Waals surface area contributed by atoms with Gasteiger partial charge >= 0.3 is 11.9 Å². The monoisotopic (exact) mass is 371 g/mol. The molecule has 0 heterocycles. The molecule has 142 valence electrons. The van der Waals surface area contributed by atoms with Gasteiger partial charge in [0.05, 0.1) is 7.11 Å². The van der Waals surface area contributed by atoms with Crippen molar-refractivity contribution >= 4 is 18.2 Å². The summed E-state index contributed by atoms with van der Waals surface area (Å²) in [7, 11) is 1.27. The Kier molecular flexibility index (Phi) is 7.37. The highest BCUT2D eigenvalue weighted by atomic mass is 16.6. The molecule has 2 aromatic rings. The fourth-order valence-corrected chi connectivity index (χ4v) is 2.25. The Balaban J connectivity index is 1.99. The minimum absolute atomic E-state index is 0.192. The molecule has 0 bridgehead atoms. The first kappa shape index (κ1) is 20.0. The molecule has 0 amide bonds. The highest BCUT2D eigenvalue weighted by molar-refractivity contribution is 6.22. The van der Waals surface area contributed by atoms with Crippen molar-refractivity contribution in [2.24, 2.45) is 5.16 Å². The largest absolute Gasteiger partial charge is 0.489 e. The molecule has 0 unspecified atom stereocenters. The number of benzene rings is 2. The molecule has 0 fully saturated rings. The second-order valence-corrected chi connectivity index (χ2v) is 5.61. The Labute approximate surface area is 157 Å². The van der Waals surface area contributed by atoms with Crippen molar-refractivity contribution in [3.63, 3.8) is 0 Å². The lowest BCUT2D eigenvalue weighted by atomic mass is 10.1. The van der Waals surface area contributed by atoms with E-state index >= 15 is 0 Å². The molecule has 0 aromatic heterocycles. The van der Waals surface area contributed by atoms with Crippen LogP contribution in [0.1, 0.15) is 23.6 Å². The van der Waals surface area contributed by atoms with Crippen LogP contribution in [-0.2, 0) is 32.4 Å². The first-order valence-electron chi connectivity index (χ1n) is 8.21. The average molecular weight is 371 g/mol. The van der Waals surface area contributed by atoms with Crippen molar-refractivity contribution in [3.05, 3.63) is 59.2 Å². The van der Waals surface area contributed by atoms with Crippen LogP contribution in [0.4, 0.5) is 0 Å². The van der Waals surface area contributed by atoms with E-state index in [0.717, 1.165) is 22.9 Å². The third-order valence-corrected chi connectivity index (χ3v) is 3.56. The van der Waals surface area contributed by atoms with E-state index in [-0.39, 0.29) is 12.6 Å². The smallest absolute Gasteiger partial charge is 0.352 e. The second kappa shape index (κ2) is 9.96. The number of hydrogen-bond donors (Lipinski definition) is 0. The number of ether oxygens (including phenoxy) is 3. The zero-order valence-corrected chi connectivity index (χ0v) is 15.4. The van der Waals surface area contributed by atoms with Gasteiger partial charge < -0.3 is 19.0 Å². The summed E-state index contributed by atoms with van der Waals surface area (Å²) in [4.78, 5) is 27.1. The van der Waals surface area contributed by atoms with Gasteiger partial charge in [0.2, 0.25) is 0 Å². The van der Waals surface area contributed by atoms with E-state index < -0.39 is 5.97 Å². The van der Waals surface area contributed by atoms with Gasteiger partial charge in [-0.15, -0.1) is 0 Å². The highest BCUT2D eigenvalue weighted by Crippen LogP contribution is 2.25. The maximum absolute atomic E-state index is 11.0. The van der Waals surface area contributed by atoms with Crippen molar-refractivity contribution in [2.45, 2.75) is 27.1 Å². The normalized spacial score (nSPS) is 10.5. The maximum atomic E-state index is 11.0. The van der Waals surface area contributed by atoms with E-state index in [1.807, 2.05) is 31.2 Å². The van der Waals surface area contributed by atoms with Crippen molar-refractivity contribution in [2.75, 3.05) is 7.11 Å². The molecule has 0 N–H and O–H groups in total. The zero-order chi connectivity index (χ0) is 19.6. The fourth-order valence-electron chi connectivity index (χ4n) is 2.25. The fraction of sp³-hybridized carbons (Fsp3) is 0.250. The lowest BCUT2D eigenvalue weighted by molar-refractivity contribution is -0.133. The Morgan fingerprint density at radius 1 is 1.07 bits per heavy atom. The van der Waals surface area contributed by atoms with Crippen molar-refractivity contribution < 1.29 is 28.6 Å². The number of hydrogen-bond acceptors (Lipinski definition) is 7. The summed E-state index contributed by atoms with van der Waals surface area (Å²) in [6.45, 7) is 3.75. The molecular weight excluding hydrogens is 350 g/mol. The number of methoxy groups -OCH3 is 1. The molecule has 0 aliphatic heterocycles. The topological polar surface area (TPSA) is 83.4 Å². The molecule has 0 aliphatic carbocycles. The van der Waals surface area contributed by atoms with Gasteiger partial charge in [0, 0.05) is 6.92 Å². The summed E-state index contributed by atoms with van der Waals surface area (Å²) in [6.07, 6.45) is 0.965. The lowest BCUT2D eigenvalue weighted by Crippen LogP contribution is -2.04. The summed E-state index contributed by atoms with van der Waals surface area (Å²) in [5.74, 6) is 0.209. The van der Waals surface area contributed by atoms with Gasteiger partial charge in [0.1, 0.15) is 24.7 Å². The van der Waals surface area contributed by atoms with Crippen LogP contribution in [0.15, 0.2) is 47.6 Å². The average Bonchev–Trinajstić information content (AvgIpc) is 2.64. The second-order valence-electron chi connectivity index (χ2n) is 5.61. The molecule has 0 radical (unpaired) electrons. The Morgan fingerprint density at radius 3 is 2.41 bits per heavy atom. The van der Waals surface area contributed by atoms with Gasteiger partial charge in [-0.2, -0.15) is 0 Å². The van der Waals surface area contributed by atoms with Crippen LogP contribution in [-0.4, -0.2) is 25.3 Å². The molecule has 0 saturated carbocycles. The first-order chi connectivity index (χ1) is 13.0. The first-order valence-corrected chi connectivity index (χ1v) is 8.21. The minimum Gasteiger partial charge on any atom is -0.489 e. The van der Waals surface area contributed by atoms with Crippen LogP contribution in [0.25, 0.3) is 0 Å². The van der Waals surface area contributed by atoms with Crippen LogP contribution in [0.3, 0.4) is 0 Å². The summed E-state index contributed by atoms with van der Waals surface area (Å²) in [6, 6.07) is 12.8. The van der Waals surface area contributed by atoms with Gasteiger partial charge in [-0.1, -0.05) is 29.4 Å². The van der Waals surface area contributed by atoms with Gasteiger partial charge in [-0.05, 0) is 41.8 Å². The van der Waals surface area contributed by atoms with E-state index in [1.165, 1.54) is 14.0 Å². The highest BCUT2D eigenvalue weighted by Gasteiger charge is 2.07. The van der Waals surface area contributed by atoms with Crippen LogP contribution < -0.4 is 9.47 Å². The minimum atomic E-state index is -0.584. The number of esters is 2. The van der Waals surface area contributed by atoms with Crippen molar-refractivity contribution in [1.29, 1.82) is 0 Å². The standard InChI is InChI=1S/C20H21NO6/c1-14-10-18(27-15(2)22)8-9-19(14)25-12-16-6-4-5-7-17(16)13-26-21-11-20(23)24-3/h4-11H,12-13H2,1-3H3. The lowest BCUT2D eigenvalue weighted by Gasteiger charge is -2.13. The Hall–Kier alpha value is -3.35. The zero-order valence-electron chi connectivity index (χ0n) is 15.4. The Bertz CT molecular complexity index is 831. The van der Waals surface area contributed by atoms with Crippen LogP contribution in [0.5, 0.6) is 11.5 Å². The van der Waals surface area contributed by atoms with Gasteiger partial charge in [0.15, 0.2) is 6.21 Å². The SMILES string of the molecule is COC(=O)C=NOCc1ccccc1COc1ccc(OC(C)=O)cc1C. The van der Waals surface area contributed by atoms with E-state index in [4.69, 9.17) is 14.3 Å². The number of nitrogens with zero attached hydrogens (tertiary/aromatic N) is 1. The third-order valence-electron chi connectivity index (χ3n) is 3.56. The molecule has 2 aromatic carbocycles.